The number of methoxy groups -OCH3 is 2. The van der Waals surface area contributed by atoms with Crippen molar-refractivity contribution in [2.24, 2.45) is 7.05 Å². The van der Waals surface area contributed by atoms with Gasteiger partial charge in [0.2, 0.25) is 0 Å². The first-order chi connectivity index (χ1) is 14.9. The highest BCUT2D eigenvalue weighted by Gasteiger charge is 2.21. The van der Waals surface area contributed by atoms with Crippen molar-refractivity contribution < 1.29 is 19.1 Å². The first kappa shape index (κ1) is 21.1. The van der Waals surface area contributed by atoms with E-state index in [1.54, 1.807) is 17.8 Å². The predicted octanol–water partition coefficient (Wildman–Crippen LogP) is 3.41. The lowest BCUT2D eigenvalue weighted by atomic mass is 10.1. The summed E-state index contributed by atoms with van der Waals surface area (Å²) in [5, 5.41) is 7.96. The monoisotopic (exact) mass is 457 g/mol. The van der Waals surface area contributed by atoms with E-state index in [1.807, 2.05) is 19.1 Å². The smallest absolute Gasteiger partial charge is 0.316 e. The van der Waals surface area contributed by atoms with Gasteiger partial charge in [-0.3, -0.25) is 14.3 Å². The zero-order valence-corrected chi connectivity index (χ0v) is 18.9. The Balaban J connectivity index is 1.59. The van der Waals surface area contributed by atoms with Crippen LogP contribution in [0.2, 0.25) is 0 Å². The molecule has 0 fully saturated rings. The van der Waals surface area contributed by atoms with E-state index in [1.165, 1.54) is 43.5 Å². The molecule has 3 aromatic heterocycles. The number of nitrogens with zero attached hydrogens (tertiary/aromatic N) is 4. The van der Waals surface area contributed by atoms with Gasteiger partial charge in [-0.25, -0.2) is 9.97 Å². The molecule has 3 heterocycles. The molecule has 1 amide bonds. The maximum atomic E-state index is 13.0. The second kappa shape index (κ2) is 8.52. The van der Waals surface area contributed by atoms with E-state index in [4.69, 9.17) is 4.74 Å². The molecule has 160 valence electrons. The molecule has 4 aromatic rings. The lowest BCUT2D eigenvalue weighted by Gasteiger charge is -2.10. The third-order valence-corrected chi connectivity index (χ3v) is 6.73. The third-order valence-electron chi connectivity index (χ3n) is 4.60. The predicted molar refractivity (Wildman–Crippen MR) is 120 cm³/mol. The van der Waals surface area contributed by atoms with E-state index in [-0.39, 0.29) is 17.6 Å². The average molecular weight is 458 g/mol. The molecule has 31 heavy (non-hydrogen) atoms. The number of carbonyl (C=O) groups excluding carboxylic acids is 2. The standard InChI is InChI=1S/C20H19N5O4S2/c1-10-16-17(29-4)12(8-21-18(16)25(2)24-10)19(27)22-11-5-6-13-14(7-11)31-20(23-13)30-9-15(26)28-3/h5-8H,9H2,1-4H3,(H,22,27). The highest BCUT2D eigenvalue weighted by molar-refractivity contribution is 8.01. The molecule has 4 rings (SSSR count). The summed E-state index contributed by atoms with van der Waals surface area (Å²) in [5.74, 6) is -0.00383. The normalized spacial score (nSPS) is 11.1. The quantitative estimate of drug-likeness (QED) is 0.347. The topological polar surface area (TPSA) is 108 Å². The second-order valence-electron chi connectivity index (χ2n) is 6.59. The molecule has 9 nitrogen and oxygen atoms in total. The van der Waals surface area contributed by atoms with Crippen LogP contribution in [-0.4, -0.2) is 51.6 Å². The summed E-state index contributed by atoms with van der Waals surface area (Å²) in [6.45, 7) is 1.85. The summed E-state index contributed by atoms with van der Waals surface area (Å²) in [5.41, 5.74) is 3.12. The number of anilines is 1. The highest BCUT2D eigenvalue weighted by Crippen LogP contribution is 2.33. The van der Waals surface area contributed by atoms with Gasteiger partial charge in [0, 0.05) is 18.9 Å². The number of thioether (sulfide) groups is 1. The minimum absolute atomic E-state index is 0.197. The number of pyridine rings is 1. The average Bonchev–Trinajstić information content (AvgIpc) is 3.30. The van der Waals surface area contributed by atoms with Gasteiger partial charge in [-0.15, -0.1) is 11.3 Å². The van der Waals surface area contributed by atoms with Crippen molar-refractivity contribution in [2.75, 3.05) is 25.3 Å². The highest BCUT2D eigenvalue weighted by atomic mass is 32.2. The van der Waals surface area contributed by atoms with Crippen molar-refractivity contribution in [3.8, 4) is 5.75 Å². The SMILES string of the molecule is COC(=O)CSc1nc2ccc(NC(=O)c3cnc4c(c(C)nn4C)c3OC)cc2s1. The van der Waals surface area contributed by atoms with Crippen LogP contribution in [0, 0.1) is 6.92 Å². The number of hydrogen-bond acceptors (Lipinski definition) is 9. The van der Waals surface area contributed by atoms with Crippen molar-refractivity contribution in [1.82, 2.24) is 19.7 Å². The Labute approximate surface area is 185 Å². The van der Waals surface area contributed by atoms with E-state index >= 15 is 0 Å². The van der Waals surface area contributed by atoms with Crippen LogP contribution in [0.25, 0.3) is 21.3 Å². The summed E-state index contributed by atoms with van der Waals surface area (Å²) in [4.78, 5) is 33.2. The van der Waals surface area contributed by atoms with E-state index in [0.717, 1.165) is 20.3 Å². The van der Waals surface area contributed by atoms with Crippen LogP contribution in [0.15, 0.2) is 28.7 Å². The van der Waals surface area contributed by atoms with Crippen molar-refractivity contribution in [3.05, 3.63) is 35.7 Å². The van der Waals surface area contributed by atoms with E-state index in [2.05, 4.69) is 25.1 Å². The van der Waals surface area contributed by atoms with Gasteiger partial charge >= 0.3 is 5.97 Å². The van der Waals surface area contributed by atoms with Gasteiger partial charge in [0.1, 0.15) is 11.3 Å². The van der Waals surface area contributed by atoms with Gasteiger partial charge < -0.3 is 14.8 Å². The molecular weight excluding hydrogens is 438 g/mol. The fourth-order valence-electron chi connectivity index (χ4n) is 3.17. The van der Waals surface area contributed by atoms with Crippen molar-refractivity contribution in [2.45, 2.75) is 11.3 Å². The lowest BCUT2D eigenvalue weighted by molar-refractivity contribution is -0.137. The van der Waals surface area contributed by atoms with Crippen LogP contribution in [0.5, 0.6) is 5.75 Å². The van der Waals surface area contributed by atoms with Crippen molar-refractivity contribution >= 4 is 61.9 Å². The molecule has 0 unspecified atom stereocenters. The van der Waals surface area contributed by atoms with Crippen LogP contribution in [0.3, 0.4) is 0 Å². The summed E-state index contributed by atoms with van der Waals surface area (Å²) < 4.78 is 13.5. The number of hydrogen-bond donors (Lipinski definition) is 1. The number of ether oxygens (including phenoxy) is 2. The van der Waals surface area contributed by atoms with E-state index in [0.29, 0.717) is 28.0 Å². The molecule has 0 aliphatic heterocycles. The van der Waals surface area contributed by atoms with Crippen molar-refractivity contribution in [1.29, 1.82) is 0 Å². The maximum Gasteiger partial charge on any atom is 0.316 e. The van der Waals surface area contributed by atoms with Gasteiger partial charge in [-0.05, 0) is 25.1 Å². The molecule has 0 aliphatic carbocycles. The molecule has 0 spiro atoms. The Morgan fingerprint density at radius 1 is 1.29 bits per heavy atom. The minimum atomic E-state index is -0.335. The maximum absolute atomic E-state index is 13.0. The minimum Gasteiger partial charge on any atom is -0.495 e. The first-order valence-corrected chi connectivity index (χ1v) is 11.0. The van der Waals surface area contributed by atoms with Gasteiger partial charge in [0.15, 0.2) is 9.99 Å². The first-order valence-electron chi connectivity index (χ1n) is 9.19. The van der Waals surface area contributed by atoms with Gasteiger partial charge in [0.25, 0.3) is 5.91 Å². The molecule has 0 aliphatic rings. The van der Waals surface area contributed by atoms with Gasteiger partial charge in [-0.1, -0.05) is 11.8 Å². The number of fused-ring (bicyclic) bond motifs is 2. The van der Waals surface area contributed by atoms with Crippen LogP contribution in [0.1, 0.15) is 16.1 Å². The number of aromatic nitrogens is 4. The number of rotatable bonds is 6. The van der Waals surface area contributed by atoms with Crippen LogP contribution in [0.4, 0.5) is 5.69 Å². The Bertz CT molecular complexity index is 1310. The number of amides is 1. The van der Waals surface area contributed by atoms with Crippen LogP contribution < -0.4 is 10.1 Å². The van der Waals surface area contributed by atoms with Crippen LogP contribution in [-0.2, 0) is 16.6 Å². The number of benzene rings is 1. The Kier molecular flexibility index (Phi) is 5.79. The summed E-state index contributed by atoms with van der Waals surface area (Å²) in [6.07, 6.45) is 1.49. The summed E-state index contributed by atoms with van der Waals surface area (Å²) in [7, 11) is 4.67. The number of thiazole rings is 1. The number of esters is 1. The molecule has 0 radical (unpaired) electrons. The zero-order chi connectivity index (χ0) is 22.1. The Morgan fingerprint density at radius 2 is 2.10 bits per heavy atom. The summed E-state index contributed by atoms with van der Waals surface area (Å²) in [6, 6.07) is 5.46. The Morgan fingerprint density at radius 3 is 2.84 bits per heavy atom. The van der Waals surface area contributed by atoms with Gasteiger partial charge in [-0.2, -0.15) is 5.10 Å². The molecule has 0 saturated heterocycles. The van der Waals surface area contributed by atoms with E-state index < -0.39 is 0 Å². The number of carbonyl (C=O) groups is 2. The number of aryl methyl sites for hydroxylation is 2. The Hall–Kier alpha value is -3.18. The second-order valence-corrected chi connectivity index (χ2v) is 8.85. The molecule has 0 saturated carbocycles. The molecule has 0 atom stereocenters. The lowest BCUT2D eigenvalue weighted by Crippen LogP contribution is -2.14. The number of nitrogens with one attached hydrogen (secondary N) is 1. The molecule has 1 N–H and O–H groups in total. The largest absolute Gasteiger partial charge is 0.495 e. The third kappa shape index (κ3) is 4.06. The fourth-order valence-corrected chi connectivity index (χ4v) is 5.11. The van der Waals surface area contributed by atoms with Crippen molar-refractivity contribution in [3.63, 3.8) is 0 Å². The fraction of sp³-hybridized carbons (Fsp3) is 0.250. The molecule has 0 bridgehead atoms. The van der Waals surface area contributed by atoms with Crippen LogP contribution >= 0.6 is 23.1 Å². The molecule has 1 aromatic carbocycles. The zero-order valence-electron chi connectivity index (χ0n) is 17.3. The summed E-state index contributed by atoms with van der Waals surface area (Å²) >= 11 is 2.76. The molecular formula is C20H19N5O4S2. The molecule has 11 heteroatoms. The van der Waals surface area contributed by atoms with Gasteiger partial charge in [0.05, 0.1) is 41.3 Å². The van der Waals surface area contributed by atoms with E-state index in [9.17, 15) is 9.59 Å².